The number of aliphatic carboxylic acids is 1. The Morgan fingerprint density at radius 1 is 1.59 bits per heavy atom. The molecule has 90 valence electrons. The predicted octanol–water partition coefficient (Wildman–Crippen LogP) is 2.66. The molecule has 3 atom stereocenters. The molecule has 0 unspecified atom stereocenters. The Balaban J connectivity index is 2.12. The first-order chi connectivity index (χ1) is 8.07. The largest absolute Gasteiger partial charge is 0.493 e. The zero-order chi connectivity index (χ0) is 12.2. The number of halogens is 1. The van der Waals surface area contributed by atoms with E-state index >= 15 is 0 Å². The lowest BCUT2D eigenvalue weighted by molar-refractivity contribution is -0.139. The molecule has 0 radical (unpaired) electrons. The van der Waals surface area contributed by atoms with E-state index in [1.54, 1.807) is 0 Å². The molecule has 3 nitrogen and oxygen atoms in total. The molecule has 4 heteroatoms. The zero-order valence-corrected chi connectivity index (χ0v) is 11.6. The van der Waals surface area contributed by atoms with E-state index in [0.29, 0.717) is 6.61 Å². The van der Waals surface area contributed by atoms with Crippen molar-refractivity contribution >= 4 is 28.6 Å². The molecule has 0 amide bonds. The van der Waals surface area contributed by atoms with Crippen LogP contribution in [0.3, 0.4) is 0 Å². The predicted molar refractivity (Wildman–Crippen MR) is 71.2 cm³/mol. The summed E-state index contributed by atoms with van der Waals surface area (Å²) in [5.41, 5.74) is 0.913. The maximum atomic E-state index is 11.3. The van der Waals surface area contributed by atoms with Crippen molar-refractivity contribution in [1.29, 1.82) is 0 Å². The Bertz CT molecular complexity index is 499. The fourth-order valence-corrected chi connectivity index (χ4v) is 3.81. The van der Waals surface area contributed by atoms with Gasteiger partial charge in [0, 0.05) is 14.5 Å². The van der Waals surface area contributed by atoms with Crippen LogP contribution in [0.2, 0.25) is 0 Å². The summed E-state index contributed by atoms with van der Waals surface area (Å²) < 4.78 is 6.77. The maximum absolute atomic E-state index is 11.3. The van der Waals surface area contributed by atoms with Crippen LogP contribution in [0.15, 0.2) is 18.2 Å². The Morgan fingerprint density at radius 2 is 2.35 bits per heavy atom. The first-order valence-corrected chi connectivity index (χ1v) is 6.81. The van der Waals surface area contributed by atoms with E-state index in [2.05, 4.69) is 28.7 Å². The van der Waals surface area contributed by atoms with Crippen molar-refractivity contribution in [3.63, 3.8) is 0 Å². The number of benzene rings is 1. The molecule has 1 aliphatic carbocycles. The molecule has 0 bridgehead atoms. The Hall–Kier alpha value is -0.780. The van der Waals surface area contributed by atoms with E-state index in [0.717, 1.165) is 21.3 Å². The summed E-state index contributed by atoms with van der Waals surface area (Å²) in [6, 6.07) is 6.04. The number of ether oxygens (including phenoxy) is 1. The number of hydrogen-bond acceptors (Lipinski definition) is 2. The number of carbonyl (C=O) groups is 1. The summed E-state index contributed by atoms with van der Waals surface area (Å²) in [6.07, 6.45) is 0.818. The molecule has 0 aromatic heterocycles. The highest BCUT2D eigenvalue weighted by Crippen LogP contribution is 2.65. The van der Waals surface area contributed by atoms with Gasteiger partial charge in [-0.05, 0) is 53.1 Å². The zero-order valence-electron chi connectivity index (χ0n) is 9.44. The standard InChI is InChI=1S/C13H13IO3/c1-7-11(12(15)16)13(7)4-5-17-10-3-2-8(14)6-9(10)13/h2-3,6-7,11H,4-5H2,1H3,(H,15,16)/t7-,11-,13-/m0/s1. The summed E-state index contributed by atoms with van der Waals surface area (Å²) in [5.74, 6) is 0.153. The van der Waals surface area contributed by atoms with Crippen molar-refractivity contribution in [3.8, 4) is 5.75 Å². The number of rotatable bonds is 1. The van der Waals surface area contributed by atoms with Gasteiger partial charge in [-0.25, -0.2) is 0 Å². The Labute approximate surface area is 113 Å². The van der Waals surface area contributed by atoms with Gasteiger partial charge < -0.3 is 9.84 Å². The van der Waals surface area contributed by atoms with Crippen LogP contribution in [0, 0.1) is 15.4 Å². The van der Waals surface area contributed by atoms with E-state index in [-0.39, 0.29) is 17.3 Å². The van der Waals surface area contributed by atoms with E-state index in [9.17, 15) is 9.90 Å². The molecule has 1 heterocycles. The van der Waals surface area contributed by atoms with Crippen molar-refractivity contribution in [3.05, 3.63) is 27.3 Å². The molecule has 1 aromatic rings. The van der Waals surface area contributed by atoms with Gasteiger partial charge in [0.25, 0.3) is 0 Å². The molecule has 1 aromatic carbocycles. The third kappa shape index (κ3) is 1.42. The SMILES string of the molecule is C[C@H]1[C@@H](C(=O)O)[C@@]12CCOc1ccc(I)cc12. The van der Waals surface area contributed by atoms with E-state index < -0.39 is 5.97 Å². The number of carboxylic acid groups (broad SMARTS) is 1. The fourth-order valence-electron chi connectivity index (χ4n) is 3.32. The second-order valence-electron chi connectivity index (χ2n) is 4.88. The third-order valence-corrected chi connectivity index (χ3v) is 4.91. The minimum Gasteiger partial charge on any atom is -0.493 e. The van der Waals surface area contributed by atoms with Gasteiger partial charge in [-0.1, -0.05) is 6.92 Å². The van der Waals surface area contributed by atoms with Crippen molar-refractivity contribution in [2.45, 2.75) is 18.8 Å². The second-order valence-corrected chi connectivity index (χ2v) is 6.13. The van der Waals surface area contributed by atoms with Gasteiger partial charge in [-0.3, -0.25) is 4.79 Å². The van der Waals surface area contributed by atoms with Crippen molar-refractivity contribution in [2.75, 3.05) is 6.61 Å². The van der Waals surface area contributed by atoms with Crippen LogP contribution in [-0.4, -0.2) is 17.7 Å². The summed E-state index contributed by atoms with van der Waals surface area (Å²) >= 11 is 2.26. The van der Waals surface area contributed by atoms with Gasteiger partial charge in [0.05, 0.1) is 12.5 Å². The number of carboxylic acids is 1. The summed E-state index contributed by atoms with van der Waals surface area (Å²) in [6.45, 7) is 2.66. The van der Waals surface area contributed by atoms with Gasteiger partial charge >= 0.3 is 5.97 Å². The van der Waals surface area contributed by atoms with E-state index in [4.69, 9.17) is 4.74 Å². The van der Waals surface area contributed by atoms with Crippen LogP contribution in [0.5, 0.6) is 5.75 Å². The molecular formula is C13H13IO3. The second kappa shape index (κ2) is 3.60. The van der Waals surface area contributed by atoms with Crippen molar-refractivity contribution < 1.29 is 14.6 Å². The van der Waals surface area contributed by atoms with Crippen LogP contribution in [0.25, 0.3) is 0 Å². The van der Waals surface area contributed by atoms with Gasteiger partial charge in [0.1, 0.15) is 5.75 Å². The average Bonchev–Trinajstić information content (AvgIpc) is 2.86. The Morgan fingerprint density at radius 3 is 3.00 bits per heavy atom. The molecule has 17 heavy (non-hydrogen) atoms. The van der Waals surface area contributed by atoms with Gasteiger partial charge in [0.2, 0.25) is 0 Å². The van der Waals surface area contributed by atoms with Gasteiger partial charge in [-0.2, -0.15) is 0 Å². The highest BCUT2D eigenvalue weighted by molar-refractivity contribution is 14.1. The normalized spacial score (nSPS) is 34.0. The lowest BCUT2D eigenvalue weighted by atomic mass is 9.86. The van der Waals surface area contributed by atoms with Crippen molar-refractivity contribution in [1.82, 2.24) is 0 Å². The summed E-state index contributed by atoms with van der Waals surface area (Å²) in [7, 11) is 0. The molecule has 1 N–H and O–H groups in total. The minimum absolute atomic E-state index is 0.180. The number of hydrogen-bond donors (Lipinski definition) is 1. The van der Waals surface area contributed by atoms with E-state index in [1.165, 1.54) is 0 Å². The maximum Gasteiger partial charge on any atom is 0.307 e. The van der Waals surface area contributed by atoms with Crippen LogP contribution in [0.4, 0.5) is 0 Å². The van der Waals surface area contributed by atoms with Gasteiger partial charge in [0.15, 0.2) is 0 Å². The third-order valence-electron chi connectivity index (χ3n) is 4.24. The topological polar surface area (TPSA) is 46.5 Å². The quantitative estimate of drug-likeness (QED) is 0.797. The van der Waals surface area contributed by atoms with E-state index in [1.807, 2.05) is 19.1 Å². The summed E-state index contributed by atoms with van der Waals surface area (Å²) in [4.78, 5) is 11.3. The smallest absolute Gasteiger partial charge is 0.307 e. The van der Waals surface area contributed by atoms with Crippen LogP contribution in [0.1, 0.15) is 18.9 Å². The first-order valence-electron chi connectivity index (χ1n) is 5.73. The monoisotopic (exact) mass is 344 g/mol. The molecule has 2 aliphatic rings. The molecule has 1 fully saturated rings. The molecular weight excluding hydrogens is 331 g/mol. The number of fused-ring (bicyclic) bond motifs is 2. The fraction of sp³-hybridized carbons (Fsp3) is 0.462. The lowest BCUT2D eigenvalue weighted by Gasteiger charge is -2.27. The van der Waals surface area contributed by atoms with Crippen LogP contribution < -0.4 is 4.74 Å². The van der Waals surface area contributed by atoms with Crippen LogP contribution in [-0.2, 0) is 10.2 Å². The summed E-state index contributed by atoms with van der Waals surface area (Å²) in [5, 5.41) is 9.29. The molecule has 3 rings (SSSR count). The highest BCUT2D eigenvalue weighted by Gasteiger charge is 2.68. The molecule has 0 saturated heterocycles. The van der Waals surface area contributed by atoms with Crippen molar-refractivity contribution in [2.24, 2.45) is 11.8 Å². The molecule has 1 saturated carbocycles. The lowest BCUT2D eigenvalue weighted by Crippen LogP contribution is -2.24. The molecule has 1 aliphatic heterocycles. The van der Waals surface area contributed by atoms with Crippen LogP contribution >= 0.6 is 22.6 Å². The average molecular weight is 344 g/mol. The first kappa shape index (κ1) is 11.3. The minimum atomic E-state index is -0.677. The van der Waals surface area contributed by atoms with Gasteiger partial charge in [-0.15, -0.1) is 0 Å². The highest BCUT2D eigenvalue weighted by atomic mass is 127. The Kier molecular flexibility index (Phi) is 2.40. The molecule has 1 spiro atoms.